The number of aliphatic carboxylic acids is 1. The lowest BCUT2D eigenvalue weighted by Gasteiger charge is -2.26. The van der Waals surface area contributed by atoms with Crippen molar-refractivity contribution in [1.29, 1.82) is 0 Å². The van der Waals surface area contributed by atoms with Gasteiger partial charge in [-0.2, -0.15) is 0 Å². The highest BCUT2D eigenvalue weighted by molar-refractivity contribution is 6.30. The average molecular weight is 326 g/mol. The third-order valence-electron chi connectivity index (χ3n) is 3.24. The van der Waals surface area contributed by atoms with Crippen LogP contribution in [0.5, 0.6) is 0 Å². The fourth-order valence-corrected chi connectivity index (χ4v) is 1.98. The van der Waals surface area contributed by atoms with Gasteiger partial charge in [-0.1, -0.05) is 29.8 Å². The molecule has 6 heteroatoms. The van der Waals surface area contributed by atoms with Gasteiger partial charge < -0.3 is 15.2 Å². The Morgan fingerprint density at radius 1 is 1.50 bits per heavy atom. The number of hydrogen-bond acceptors (Lipinski definition) is 3. The fourth-order valence-electron chi connectivity index (χ4n) is 1.79. The zero-order chi connectivity index (χ0) is 16.8. The van der Waals surface area contributed by atoms with Crippen LogP contribution in [0.4, 0.5) is 0 Å². The Hall–Kier alpha value is -1.85. The van der Waals surface area contributed by atoms with E-state index in [2.05, 4.69) is 11.9 Å². The van der Waals surface area contributed by atoms with Gasteiger partial charge in [0.25, 0.3) is 0 Å². The molecule has 0 aliphatic rings. The van der Waals surface area contributed by atoms with Crippen LogP contribution in [0.15, 0.2) is 36.9 Å². The highest BCUT2D eigenvalue weighted by Crippen LogP contribution is 2.26. The lowest BCUT2D eigenvalue weighted by Crippen LogP contribution is -2.50. The predicted molar refractivity (Wildman–Crippen MR) is 85.1 cm³/mol. The Kier molecular flexibility index (Phi) is 6.59. The normalized spacial score (nSPS) is 12.5. The van der Waals surface area contributed by atoms with Crippen LogP contribution in [0.2, 0.25) is 5.02 Å². The smallest absolute Gasteiger partial charge is 0.328 e. The van der Waals surface area contributed by atoms with Crippen molar-refractivity contribution in [2.75, 3.05) is 13.2 Å². The SMILES string of the molecule is C=CCOCC(NC(=O)C(C)(C)c1cccc(Cl)c1)C(=O)O. The molecule has 0 radical (unpaired) electrons. The van der Waals surface area contributed by atoms with Gasteiger partial charge in [0.05, 0.1) is 18.6 Å². The molecule has 1 atom stereocenters. The zero-order valence-electron chi connectivity index (χ0n) is 12.6. The quantitative estimate of drug-likeness (QED) is 0.568. The molecule has 0 aromatic heterocycles. The number of halogens is 1. The van der Waals surface area contributed by atoms with E-state index in [0.717, 1.165) is 0 Å². The number of rotatable bonds is 8. The number of amides is 1. The molecule has 5 nitrogen and oxygen atoms in total. The van der Waals surface area contributed by atoms with Crippen LogP contribution < -0.4 is 5.32 Å². The van der Waals surface area contributed by atoms with Crippen molar-refractivity contribution in [3.05, 3.63) is 47.5 Å². The zero-order valence-corrected chi connectivity index (χ0v) is 13.4. The topological polar surface area (TPSA) is 75.6 Å². The first-order chi connectivity index (χ1) is 10.3. The first-order valence-corrected chi connectivity index (χ1v) is 7.15. The lowest BCUT2D eigenvalue weighted by atomic mass is 9.83. The summed E-state index contributed by atoms with van der Waals surface area (Å²) >= 11 is 5.94. The number of nitrogens with one attached hydrogen (secondary N) is 1. The molecule has 1 aromatic carbocycles. The molecule has 0 saturated carbocycles. The molecular formula is C16H20ClNO4. The first-order valence-electron chi connectivity index (χ1n) is 6.77. The van der Waals surface area contributed by atoms with E-state index in [-0.39, 0.29) is 13.2 Å². The second kappa shape index (κ2) is 7.96. The largest absolute Gasteiger partial charge is 0.480 e. The summed E-state index contributed by atoms with van der Waals surface area (Å²) in [5.74, 6) is -1.57. The number of carbonyl (C=O) groups excluding carboxylic acids is 1. The molecule has 0 aliphatic heterocycles. The minimum Gasteiger partial charge on any atom is -0.480 e. The van der Waals surface area contributed by atoms with Crippen molar-refractivity contribution >= 4 is 23.5 Å². The van der Waals surface area contributed by atoms with Crippen molar-refractivity contribution in [1.82, 2.24) is 5.32 Å². The minimum absolute atomic E-state index is 0.126. The van der Waals surface area contributed by atoms with Crippen molar-refractivity contribution in [2.24, 2.45) is 0 Å². The van der Waals surface area contributed by atoms with E-state index in [9.17, 15) is 9.59 Å². The molecule has 120 valence electrons. The van der Waals surface area contributed by atoms with E-state index in [1.807, 2.05) is 0 Å². The predicted octanol–water partition coefficient (Wildman–Crippen LogP) is 2.39. The van der Waals surface area contributed by atoms with Crippen LogP contribution in [0.1, 0.15) is 19.4 Å². The maximum Gasteiger partial charge on any atom is 0.328 e. The molecule has 2 N–H and O–H groups in total. The van der Waals surface area contributed by atoms with Crippen LogP contribution in [0.25, 0.3) is 0 Å². The standard InChI is InChI=1S/C16H20ClNO4/c1-4-8-22-10-13(14(19)20)18-15(21)16(2,3)11-6-5-7-12(17)9-11/h4-7,9,13H,1,8,10H2,2-3H3,(H,18,21)(H,19,20). The van der Waals surface area contributed by atoms with E-state index < -0.39 is 23.3 Å². The Balaban J connectivity index is 2.83. The number of ether oxygens (including phenoxy) is 1. The molecule has 22 heavy (non-hydrogen) atoms. The summed E-state index contributed by atoms with van der Waals surface area (Å²) in [5.41, 5.74) is -0.217. The molecule has 0 heterocycles. The Morgan fingerprint density at radius 2 is 2.18 bits per heavy atom. The molecular weight excluding hydrogens is 306 g/mol. The van der Waals surface area contributed by atoms with E-state index in [0.29, 0.717) is 10.6 Å². The molecule has 0 fully saturated rings. The maximum atomic E-state index is 12.4. The van der Waals surface area contributed by atoms with Crippen molar-refractivity contribution < 1.29 is 19.4 Å². The molecule has 0 aliphatic carbocycles. The third kappa shape index (κ3) is 4.86. The van der Waals surface area contributed by atoms with E-state index >= 15 is 0 Å². The summed E-state index contributed by atoms with van der Waals surface area (Å²) in [6.07, 6.45) is 1.51. The Morgan fingerprint density at radius 3 is 2.73 bits per heavy atom. The molecule has 1 amide bonds. The maximum absolute atomic E-state index is 12.4. The molecule has 0 bridgehead atoms. The van der Waals surface area contributed by atoms with Gasteiger partial charge in [-0.15, -0.1) is 6.58 Å². The Labute approximate surface area is 134 Å². The number of carbonyl (C=O) groups is 2. The van der Waals surface area contributed by atoms with Crippen LogP contribution in [0, 0.1) is 0 Å². The van der Waals surface area contributed by atoms with E-state index in [1.165, 1.54) is 6.08 Å². The summed E-state index contributed by atoms with van der Waals surface area (Å²) < 4.78 is 5.11. The van der Waals surface area contributed by atoms with Gasteiger partial charge in [0.1, 0.15) is 0 Å². The molecule has 0 spiro atoms. The molecule has 1 aromatic rings. The van der Waals surface area contributed by atoms with Gasteiger partial charge >= 0.3 is 5.97 Å². The summed E-state index contributed by atoms with van der Waals surface area (Å²) in [6.45, 7) is 6.98. The number of carboxylic acid groups (broad SMARTS) is 1. The monoisotopic (exact) mass is 325 g/mol. The summed E-state index contributed by atoms with van der Waals surface area (Å²) in [6, 6.07) is 5.79. The van der Waals surface area contributed by atoms with Crippen LogP contribution in [0.3, 0.4) is 0 Å². The summed E-state index contributed by atoms with van der Waals surface area (Å²) in [4.78, 5) is 23.6. The van der Waals surface area contributed by atoms with Gasteiger partial charge in [-0.25, -0.2) is 4.79 Å². The number of hydrogen-bond donors (Lipinski definition) is 2. The number of carboxylic acids is 1. The Bertz CT molecular complexity index is 557. The van der Waals surface area contributed by atoms with Crippen LogP contribution >= 0.6 is 11.6 Å². The van der Waals surface area contributed by atoms with E-state index in [1.54, 1.807) is 38.1 Å². The molecule has 0 saturated heterocycles. The highest BCUT2D eigenvalue weighted by atomic mass is 35.5. The van der Waals surface area contributed by atoms with Crippen molar-refractivity contribution in [2.45, 2.75) is 25.3 Å². The van der Waals surface area contributed by atoms with Gasteiger partial charge in [0, 0.05) is 5.02 Å². The van der Waals surface area contributed by atoms with Gasteiger partial charge in [0.2, 0.25) is 5.91 Å². The van der Waals surface area contributed by atoms with Gasteiger partial charge in [0.15, 0.2) is 6.04 Å². The second-order valence-electron chi connectivity index (χ2n) is 5.33. The molecule has 1 rings (SSSR count). The van der Waals surface area contributed by atoms with Gasteiger partial charge in [-0.3, -0.25) is 4.79 Å². The van der Waals surface area contributed by atoms with Crippen molar-refractivity contribution in [3.8, 4) is 0 Å². The van der Waals surface area contributed by atoms with Gasteiger partial charge in [-0.05, 0) is 31.5 Å². The number of benzene rings is 1. The van der Waals surface area contributed by atoms with Crippen molar-refractivity contribution in [3.63, 3.8) is 0 Å². The van der Waals surface area contributed by atoms with E-state index in [4.69, 9.17) is 21.4 Å². The van der Waals surface area contributed by atoms with Crippen LogP contribution in [-0.4, -0.2) is 36.2 Å². The summed E-state index contributed by atoms with van der Waals surface area (Å²) in [5, 5.41) is 12.2. The first kappa shape index (κ1) is 18.2. The highest BCUT2D eigenvalue weighted by Gasteiger charge is 2.33. The molecule has 1 unspecified atom stereocenters. The third-order valence-corrected chi connectivity index (χ3v) is 3.47. The second-order valence-corrected chi connectivity index (χ2v) is 5.76. The summed E-state index contributed by atoms with van der Waals surface area (Å²) in [7, 11) is 0. The fraction of sp³-hybridized carbons (Fsp3) is 0.375. The lowest BCUT2D eigenvalue weighted by molar-refractivity contribution is -0.144. The van der Waals surface area contributed by atoms with Crippen LogP contribution in [-0.2, 0) is 19.7 Å². The minimum atomic E-state index is -1.15. The average Bonchev–Trinajstić information content (AvgIpc) is 2.46.